The molecule has 2 fully saturated rings. The maximum absolute atomic E-state index is 12.6. The Morgan fingerprint density at radius 3 is 2.57 bits per heavy atom. The van der Waals surface area contributed by atoms with Crippen LogP contribution < -0.4 is 0 Å². The van der Waals surface area contributed by atoms with Crippen molar-refractivity contribution in [1.29, 1.82) is 0 Å². The van der Waals surface area contributed by atoms with E-state index in [1.54, 1.807) is 0 Å². The van der Waals surface area contributed by atoms with Crippen molar-refractivity contribution in [3.05, 3.63) is 35.4 Å². The van der Waals surface area contributed by atoms with Crippen molar-refractivity contribution in [1.82, 2.24) is 4.90 Å². The zero-order valence-corrected chi connectivity index (χ0v) is 12.9. The van der Waals surface area contributed by atoms with Gasteiger partial charge in [-0.2, -0.15) is 13.2 Å². The summed E-state index contributed by atoms with van der Waals surface area (Å²) in [6.45, 7) is 1.86. The van der Waals surface area contributed by atoms with Crippen LogP contribution in [0.4, 0.5) is 13.2 Å². The first-order valence-electron chi connectivity index (χ1n) is 8.16. The molecule has 128 valence electrons. The van der Waals surface area contributed by atoms with Gasteiger partial charge in [-0.05, 0) is 30.5 Å². The van der Waals surface area contributed by atoms with E-state index in [-0.39, 0.29) is 6.10 Å². The molecule has 1 saturated carbocycles. The SMILES string of the molecule is O[C@H](CN1CCO[C@@H]2CCCC[C@H]21)c1ccc(C(F)(F)F)cc1. The Morgan fingerprint density at radius 2 is 1.87 bits per heavy atom. The average molecular weight is 329 g/mol. The molecule has 3 atom stereocenters. The fourth-order valence-electron chi connectivity index (χ4n) is 3.63. The number of hydrogen-bond acceptors (Lipinski definition) is 3. The lowest BCUT2D eigenvalue weighted by atomic mass is 9.89. The number of fused-ring (bicyclic) bond motifs is 1. The van der Waals surface area contributed by atoms with Gasteiger partial charge in [0.2, 0.25) is 0 Å². The molecule has 1 N–H and O–H groups in total. The number of nitrogens with zero attached hydrogens (tertiary/aromatic N) is 1. The highest BCUT2D eigenvalue weighted by Crippen LogP contribution is 2.32. The van der Waals surface area contributed by atoms with Crippen LogP contribution in [0.5, 0.6) is 0 Å². The lowest BCUT2D eigenvalue weighted by Crippen LogP contribution is -2.53. The number of hydrogen-bond donors (Lipinski definition) is 1. The zero-order valence-electron chi connectivity index (χ0n) is 12.9. The Labute approximate surface area is 134 Å². The third-order valence-electron chi connectivity index (χ3n) is 4.88. The van der Waals surface area contributed by atoms with E-state index in [4.69, 9.17) is 4.74 Å². The number of halogens is 3. The second kappa shape index (κ2) is 6.79. The van der Waals surface area contributed by atoms with E-state index in [0.29, 0.717) is 24.8 Å². The van der Waals surface area contributed by atoms with Crippen LogP contribution in [0.15, 0.2) is 24.3 Å². The van der Waals surface area contributed by atoms with Gasteiger partial charge in [-0.25, -0.2) is 0 Å². The van der Waals surface area contributed by atoms with Crippen molar-refractivity contribution in [3.63, 3.8) is 0 Å². The van der Waals surface area contributed by atoms with Crippen LogP contribution in [-0.4, -0.2) is 41.8 Å². The van der Waals surface area contributed by atoms with E-state index >= 15 is 0 Å². The van der Waals surface area contributed by atoms with Crippen LogP contribution in [0.25, 0.3) is 0 Å². The summed E-state index contributed by atoms with van der Waals surface area (Å²) in [6.07, 6.45) is -0.436. The first-order valence-corrected chi connectivity index (χ1v) is 8.16. The summed E-state index contributed by atoms with van der Waals surface area (Å²) in [7, 11) is 0. The molecule has 0 amide bonds. The van der Waals surface area contributed by atoms with Gasteiger partial charge in [0, 0.05) is 19.1 Å². The Bertz CT molecular complexity index is 516. The molecule has 1 aliphatic carbocycles. The second-order valence-corrected chi connectivity index (χ2v) is 6.39. The summed E-state index contributed by atoms with van der Waals surface area (Å²) in [5, 5.41) is 10.4. The molecular formula is C17H22F3NO2. The quantitative estimate of drug-likeness (QED) is 0.923. The predicted molar refractivity (Wildman–Crippen MR) is 80.0 cm³/mol. The van der Waals surface area contributed by atoms with Crippen molar-refractivity contribution >= 4 is 0 Å². The molecule has 1 aliphatic heterocycles. The minimum Gasteiger partial charge on any atom is -0.387 e. The highest BCUT2D eigenvalue weighted by molar-refractivity contribution is 5.26. The Hall–Kier alpha value is -1.11. The third kappa shape index (κ3) is 3.87. The van der Waals surface area contributed by atoms with Crippen molar-refractivity contribution in [2.45, 2.75) is 50.1 Å². The normalized spacial score (nSPS) is 27.5. The molecule has 3 nitrogen and oxygen atoms in total. The number of rotatable bonds is 3. The van der Waals surface area contributed by atoms with E-state index in [0.717, 1.165) is 37.9 Å². The van der Waals surface area contributed by atoms with E-state index in [9.17, 15) is 18.3 Å². The largest absolute Gasteiger partial charge is 0.416 e. The number of aliphatic hydroxyl groups is 1. The number of morpholine rings is 1. The summed E-state index contributed by atoms with van der Waals surface area (Å²) < 4.78 is 43.6. The van der Waals surface area contributed by atoms with Crippen LogP contribution in [-0.2, 0) is 10.9 Å². The number of aliphatic hydroxyl groups excluding tert-OH is 1. The molecule has 1 heterocycles. The van der Waals surface area contributed by atoms with Crippen molar-refractivity contribution in [3.8, 4) is 0 Å². The Kier molecular flexibility index (Phi) is 4.94. The minimum atomic E-state index is -4.34. The first-order chi connectivity index (χ1) is 10.9. The van der Waals surface area contributed by atoms with Crippen LogP contribution >= 0.6 is 0 Å². The summed E-state index contributed by atoms with van der Waals surface area (Å²) >= 11 is 0. The summed E-state index contributed by atoms with van der Waals surface area (Å²) in [5.41, 5.74) is -0.163. The van der Waals surface area contributed by atoms with Gasteiger partial charge in [0.1, 0.15) is 0 Å². The molecule has 0 aromatic heterocycles. The maximum Gasteiger partial charge on any atom is 0.416 e. The highest BCUT2D eigenvalue weighted by Gasteiger charge is 2.35. The molecule has 2 aliphatic rings. The van der Waals surface area contributed by atoms with Crippen molar-refractivity contribution in [2.75, 3.05) is 19.7 Å². The minimum absolute atomic E-state index is 0.234. The molecule has 23 heavy (non-hydrogen) atoms. The van der Waals surface area contributed by atoms with Gasteiger partial charge in [0.05, 0.1) is 24.4 Å². The predicted octanol–water partition coefficient (Wildman–Crippen LogP) is 3.38. The Morgan fingerprint density at radius 1 is 1.17 bits per heavy atom. The fourth-order valence-corrected chi connectivity index (χ4v) is 3.63. The number of β-amino-alcohol motifs (C(OH)–C–C–N with tert-alkyl or cyclic N) is 1. The standard InChI is InChI=1S/C17H22F3NO2/c18-17(19,20)13-7-5-12(6-8-13)15(22)11-21-9-10-23-16-4-2-1-3-14(16)21/h5-8,14-16,22H,1-4,9-11H2/t14-,15-,16-/m1/s1. The van der Waals surface area contributed by atoms with Crippen molar-refractivity contribution in [2.24, 2.45) is 0 Å². The molecule has 0 radical (unpaired) electrons. The molecule has 6 heteroatoms. The molecule has 0 unspecified atom stereocenters. The molecule has 1 aromatic carbocycles. The third-order valence-corrected chi connectivity index (χ3v) is 4.88. The summed E-state index contributed by atoms with van der Waals surface area (Å²) in [5.74, 6) is 0. The first kappa shape index (κ1) is 16.7. The lowest BCUT2D eigenvalue weighted by molar-refractivity contribution is -0.137. The highest BCUT2D eigenvalue weighted by atomic mass is 19.4. The number of benzene rings is 1. The summed E-state index contributed by atoms with van der Waals surface area (Å²) in [4.78, 5) is 2.23. The summed E-state index contributed by atoms with van der Waals surface area (Å²) in [6, 6.07) is 5.11. The van der Waals surface area contributed by atoms with Crippen LogP contribution in [0, 0.1) is 0 Å². The van der Waals surface area contributed by atoms with E-state index in [1.807, 2.05) is 0 Å². The van der Waals surface area contributed by atoms with Gasteiger partial charge < -0.3 is 9.84 Å². The maximum atomic E-state index is 12.6. The number of alkyl halides is 3. The number of ether oxygens (including phenoxy) is 1. The van der Waals surface area contributed by atoms with Gasteiger partial charge in [-0.1, -0.05) is 25.0 Å². The van der Waals surface area contributed by atoms with Crippen molar-refractivity contribution < 1.29 is 23.0 Å². The van der Waals surface area contributed by atoms with E-state index in [2.05, 4.69) is 4.90 Å². The second-order valence-electron chi connectivity index (χ2n) is 6.39. The molecule has 0 spiro atoms. The van der Waals surface area contributed by atoms with Gasteiger partial charge in [0.15, 0.2) is 0 Å². The molecule has 3 rings (SSSR count). The van der Waals surface area contributed by atoms with E-state index < -0.39 is 17.8 Å². The monoisotopic (exact) mass is 329 g/mol. The van der Waals surface area contributed by atoms with Crippen LogP contribution in [0.2, 0.25) is 0 Å². The smallest absolute Gasteiger partial charge is 0.387 e. The molecular weight excluding hydrogens is 307 g/mol. The fraction of sp³-hybridized carbons (Fsp3) is 0.647. The van der Waals surface area contributed by atoms with Gasteiger partial charge >= 0.3 is 6.18 Å². The van der Waals surface area contributed by atoms with Gasteiger partial charge in [-0.15, -0.1) is 0 Å². The molecule has 0 bridgehead atoms. The molecule has 1 aromatic rings. The zero-order chi connectivity index (χ0) is 16.4. The van der Waals surface area contributed by atoms with E-state index in [1.165, 1.54) is 18.6 Å². The van der Waals surface area contributed by atoms with Gasteiger partial charge in [-0.3, -0.25) is 4.90 Å². The Balaban J connectivity index is 1.65. The van der Waals surface area contributed by atoms with Crippen LogP contribution in [0.1, 0.15) is 42.9 Å². The molecule has 1 saturated heterocycles. The van der Waals surface area contributed by atoms with Gasteiger partial charge in [0.25, 0.3) is 0 Å². The average Bonchev–Trinajstić information content (AvgIpc) is 2.54. The lowest BCUT2D eigenvalue weighted by Gasteiger charge is -2.44. The topological polar surface area (TPSA) is 32.7 Å². The van der Waals surface area contributed by atoms with Crippen LogP contribution in [0.3, 0.4) is 0 Å².